The second-order valence-electron chi connectivity index (χ2n) is 5.02. The van der Waals surface area contributed by atoms with Crippen molar-refractivity contribution in [2.75, 3.05) is 11.9 Å². The van der Waals surface area contributed by atoms with Crippen LogP contribution in [0.1, 0.15) is 24.2 Å². The molecule has 1 aromatic carbocycles. The summed E-state index contributed by atoms with van der Waals surface area (Å²) in [6.07, 6.45) is 0.600. The van der Waals surface area contributed by atoms with Gasteiger partial charge < -0.3 is 15.2 Å². The first kappa shape index (κ1) is 15.2. The van der Waals surface area contributed by atoms with Gasteiger partial charge in [-0.2, -0.15) is 4.98 Å². The minimum Gasteiger partial charge on any atom is -0.339 e. The van der Waals surface area contributed by atoms with Gasteiger partial charge in [-0.25, -0.2) is 0 Å². The van der Waals surface area contributed by atoms with Crippen molar-refractivity contribution >= 4 is 11.6 Å². The van der Waals surface area contributed by atoms with Gasteiger partial charge in [0.25, 0.3) is 0 Å². The molecule has 1 heterocycles. The van der Waals surface area contributed by atoms with Gasteiger partial charge in [-0.05, 0) is 32.9 Å². The largest absolute Gasteiger partial charge is 0.339 e. The Morgan fingerprint density at radius 2 is 2.00 bits per heavy atom. The fourth-order valence-corrected chi connectivity index (χ4v) is 1.82. The third-order valence-corrected chi connectivity index (χ3v) is 3.07. The molecular weight excluding hydrogens is 268 g/mol. The number of nitrogens with one attached hydrogen (secondary N) is 2. The molecule has 0 fully saturated rings. The van der Waals surface area contributed by atoms with Crippen molar-refractivity contribution < 1.29 is 9.32 Å². The van der Waals surface area contributed by atoms with Crippen LogP contribution >= 0.6 is 0 Å². The van der Waals surface area contributed by atoms with Gasteiger partial charge in [-0.15, -0.1) is 0 Å². The van der Waals surface area contributed by atoms with E-state index >= 15 is 0 Å². The fourth-order valence-electron chi connectivity index (χ4n) is 1.82. The van der Waals surface area contributed by atoms with Gasteiger partial charge in [0.15, 0.2) is 5.82 Å². The highest BCUT2D eigenvalue weighted by Gasteiger charge is 2.12. The third kappa shape index (κ3) is 4.68. The molecule has 2 rings (SSSR count). The van der Waals surface area contributed by atoms with Crippen molar-refractivity contribution in [2.45, 2.75) is 33.2 Å². The Balaban J connectivity index is 1.75. The fraction of sp³-hybridized carbons (Fsp3) is 0.400. The lowest BCUT2D eigenvalue weighted by Crippen LogP contribution is -2.39. The first-order valence-electron chi connectivity index (χ1n) is 6.94. The zero-order valence-corrected chi connectivity index (χ0v) is 12.5. The second kappa shape index (κ2) is 6.99. The van der Waals surface area contributed by atoms with E-state index in [-0.39, 0.29) is 11.9 Å². The van der Waals surface area contributed by atoms with Gasteiger partial charge >= 0.3 is 0 Å². The predicted octanol–water partition coefficient (Wildman–Crippen LogP) is 1.85. The molecule has 21 heavy (non-hydrogen) atoms. The molecule has 0 saturated heterocycles. The molecule has 1 aromatic heterocycles. The number of amides is 1. The summed E-state index contributed by atoms with van der Waals surface area (Å²) in [6.45, 7) is 6.21. The molecule has 1 atom stereocenters. The molecule has 0 spiro atoms. The molecule has 1 unspecified atom stereocenters. The maximum Gasteiger partial charge on any atom is 0.241 e. The van der Waals surface area contributed by atoms with E-state index in [0.29, 0.717) is 24.7 Å². The lowest BCUT2D eigenvalue weighted by Gasteiger charge is -2.13. The summed E-state index contributed by atoms with van der Waals surface area (Å²) >= 11 is 0. The van der Waals surface area contributed by atoms with E-state index in [4.69, 9.17) is 4.52 Å². The molecule has 6 nitrogen and oxygen atoms in total. The van der Waals surface area contributed by atoms with Crippen molar-refractivity contribution in [1.29, 1.82) is 0 Å². The first-order chi connectivity index (χ1) is 10.0. The standard InChI is InChI=1S/C15H20N4O2/c1-10-4-6-13(7-5-10)18-15(20)11(2)16-9-8-14-17-12(3)19-21-14/h4-7,11,16H,8-9H2,1-3H3,(H,18,20). The molecule has 6 heteroatoms. The number of hydrogen-bond donors (Lipinski definition) is 2. The Kier molecular flexibility index (Phi) is 5.05. The number of carbonyl (C=O) groups excluding carboxylic acids is 1. The van der Waals surface area contributed by atoms with Gasteiger partial charge in [0.2, 0.25) is 11.8 Å². The number of aryl methyl sites for hydroxylation is 2. The maximum atomic E-state index is 12.0. The summed E-state index contributed by atoms with van der Waals surface area (Å²) in [5.41, 5.74) is 1.96. The maximum absolute atomic E-state index is 12.0. The quantitative estimate of drug-likeness (QED) is 0.848. The van der Waals surface area contributed by atoms with E-state index in [1.807, 2.05) is 38.1 Å². The highest BCUT2D eigenvalue weighted by Crippen LogP contribution is 2.08. The molecule has 0 saturated carbocycles. The molecule has 0 aliphatic rings. The average molecular weight is 288 g/mol. The number of nitrogens with zero attached hydrogens (tertiary/aromatic N) is 2. The predicted molar refractivity (Wildman–Crippen MR) is 80.0 cm³/mol. The van der Waals surface area contributed by atoms with E-state index in [9.17, 15) is 4.79 Å². The molecule has 0 aliphatic heterocycles. The smallest absolute Gasteiger partial charge is 0.241 e. The number of carbonyl (C=O) groups is 1. The van der Waals surface area contributed by atoms with Crippen LogP contribution in [-0.4, -0.2) is 28.6 Å². The van der Waals surface area contributed by atoms with Gasteiger partial charge in [-0.3, -0.25) is 4.79 Å². The highest BCUT2D eigenvalue weighted by molar-refractivity contribution is 5.94. The first-order valence-corrected chi connectivity index (χ1v) is 6.94. The Bertz CT molecular complexity index is 592. The number of hydrogen-bond acceptors (Lipinski definition) is 5. The van der Waals surface area contributed by atoms with Crippen LogP contribution < -0.4 is 10.6 Å². The highest BCUT2D eigenvalue weighted by atomic mass is 16.5. The van der Waals surface area contributed by atoms with E-state index in [2.05, 4.69) is 20.8 Å². The van der Waals surface area contributed by atoms with Crippen LogP contribution in [0.4, 0.5) is 5.69 Å². The summed E-state index contributed by atoms with van der Waals surface area (Å²) < 4.78 is 5.01. The van der Waals surface area contributed by atoms with Crippen LogP contribution in [-0.2, 0) is 11.2 Å². The van der Waals surface area contributed by atoms with E-state index in [0.717, 1.165) is 11.3 Å². The Hall–Kier alpha value is -2.21. The molecular formula is C15H20N4O2. The molecule has 2 N–H and O–H groups in total. The van der Waals surface area contributed by atoms with E-state index in [1.54, 1.807) is 6.92 Å². The van der Waals surface area contributed by atoms with Crippen molar-refractivity contribution in [3.8, 4) is 0 Å². The monoisotopic (exact) mass is 288 g/mol. The number of anilines is 1. The van der Waals surface area contributed by atoms with Crippen LogP contribution in [0.15, 0.2) is 28.8 Å². The lowest BCUT2D eigenvalue weighted by atomic mass is 10.2. The number of aromatic nitrogens is 2. The third-order valence-electron chi connectivity index (χ3n) is 3.07. The van der Waals surface area contributed by atoms with Crippen LogP contribution in [0.25, 0.3) is 0 Å². The Morgan fingerprint density at radius 3 is 2.62 bits per heavy atom. The van der Waals surface area contributed by atoms with E-state index in [1.165, 1.54) is 0 Å². The van der Waals surface area contributed by atoms with Crippen molar-refractivity contribution in [2.24, 2.45) is 0 Å². The molecule has 112 valence electrons. The Labute approximate surface area is 123 Å². The van der Waals surface area contributed by atoms with Crippen molar-refractivity contribution in [1.82, 2.24) is 15.5 Å². The number of rotatable bonds is 6. The van der Waals surface area contributed by atoms with Gasteiger partial charge in [-0.1, -0.05) is 22.9 Å². The SMILES string of the molecule is Cc1ccc(NC(=O)C(C)NCCc2nc(C)no2)cc1. The minimum atomic E-state index is -0.296. The summed E-state index contributed by atoms with van der Waals surface area (Å²) in [6, 6.07) is 7.41. The van der Waals surface area contributed by atoms with Crippen LogP contribution in [0.5, 0.6) is 0 Å². The summed E-state index contributed by atoms with van der Waals surface area (Å²) in [7, 11) is 0. The molecule has 0 bridgehead atoms. The van der Waals surface area contributed by atoms with Gasteiger partial charge in [0, 0.05) is 18.7 Å². The second-order valence-corrected chi connectivity index (χ2v) is 5.02. The number of benzene rings is 1. The summed E-state index contributed by atoms with van der Waals surface area (Å²) in [5.74, 6) is 1.13. The lowest BCUT2D eigenvalue weighted by molar-refractivity contribution is -0.117. The normalized spacial score (nSPS) is 12.1. The van der Waals surface area contributed by atoms with Crippen molar-refractivity contribution in [3.05, 3.63) is 41.5 Å². The molecule has 1 amide bonds. The van der Waals surface area contributed by atoms with Crippen LogP contribution in [0.2, 0.25) is 0 Å². The molecule has 0 radical (unpaired) electrons. The zero-order valence-electron chi connectivity index (χ0n) is 12.5. The average Bonchev–Trinajstić information content (AvgIpc) is 2.87. The molecule has 0 aliphatic carbocycles. The zero-order chi connectivity index (χ0) is 15.2. The van der Waals surface area contributed by atoms with Crippen LogP contribution in [0, 0.1) is 13.8 Å². The summed E-state index contributed by atoms with van der Waals surface area (Å²) in [5, 5.41) is 9.72. The van der Waals surface area contributed by atoms with Crippen molar-refractivity contribution in [3.63, 3.8) is 0 Å². The molecule has 2 aromatic rings. The summed E-state index contributed by atoms with van der Waals surface area (Å²) in [4.78, 5) is 16.1. The Morgan fingerprint density at radius 1 is 1.29 bits per heavy atom. The van der Waals surface area contributed by atoms with Crippen LogP contribution in [0.3, 0.4) is 0 Å². The van der Waals surface area contributed by atoms with Gasteiger partial charge in [0.05, 0.1) is 6.04 Å². The topological polar surface area (TPSA) is 80.0 Å². The van der Waals surface area contributed by atoms with E-state index < -0.39 is 0 Å². The minimum absolute atomic E-state index is 0.0689. The van der Waals surface area contributed by atoms with Gasteiger partial charge in [0.1, 0.15) is 0 Å².